The van der Waals surface area contributed by atoms with Gasteiger partial charge >= 0.3 is 0 Å². The number of nitrogens with one attached hydrogen (secondary N) is 1. The SMILES string of the molecule is COc1ccc([C@H](C)NC(=O)C2CCN(Cc3ccc(Cl)cc3F)CC2)cc1. The third-order valence-corrected chi connectivity index (χ3v) is 5.58. The highest BCUT2D eigenvalue weighted by atomic mass is 35.5. The van der Waals surface area contributed by atoms with Crippen LogP contribution in [0.1, 0.15) is 36.9 Å². The Balaban J connectivity index is 1.49. The lowest BCUT2D eigenvalue weighted by atomic mass is 9.94. The average molecular weight is 405 g/mol. The zero-order chi connectivity index (χ0) is 20.1. The number of hydrogen-bond donors (Lipinski definition) is 1. The zero-order valence-corrected chi connectivity index (χ0v) is 17.0. The topological polar surface area (TPSA) is 41.6 Å². The number of likely N-dealkylation sites (tertiary alicyclic amines) is 1. The normalized spacial score (nSPS) is 16.6. The van der Waals surface area contributed by atoms with Gasteiger partial charge in [0.1, 0.15) is 11.6 Å². The number of benzene rings is 2. The van der Waals surface area contributed by atoms with E-state index in [4.69, 9.17) is 16.3 Å². The molecule has 1 aliphatic heterocycles. The highest BCUT2D eigenvalue weighted by Gasteiger charge is 2.26. The molecule has 0 radical (unpaired) electrons. The monoisotopic (exact) mass is 404 g/mol. The molecule has 0 bridgehead atoms. The van der Waals surface area contributed by atoms with Gasteiger partial charge < -0.3 is 10.1 Å². The fraction of sp³-hybridized carbons (Fsp3) is 0.409. The van der Waals surface area contributed by atoms with Crippen molar-refractivity contribution >= 4 is 17.5 Å². The van der Waals surface area contributed by atoms with Crippen LogP contribution in [0, 0.1) is 11.7 Å². The Hall–Kier alpha value is -2.11. The molecule has 1 heterocycles. The van der Waals surface area contributed by atoms with E-state index in [0.29, 0.717) is 17.1 Å². The number of nitrogens with zero attached hydrogens (tertiary/aromatic N) is 1. The van der Waals surface area contributed by atoms with Crippen LogP contribution in [0.25, 0.3) is 0 Å². The fourth-order valence-electron chi connectivity index (χ4n) is 3.55. The molecule has 6 heteroatoms. The maximum atomic E-state index is 14.0. The summed E-state index contributed by atoms with van der Waals surface area (Å²) in [5.74, 6) is 0.597. The third-order valence-electron chi connectivity index (χ3n) is 5.34. The Morgan fingerprint density at radius 3 is 2.54 bits per heavy atom. The molecular formula is C22H26ClFN2O2. The predicted octanol–water partition coefficient (Wildman–Crippen LogP) is 4.58. The van der Waals surface area contributed by atoms with E-state index in [1.54, 1.807) is 19.2 Å². The number of piperidine rings is 1. The number of amides is 1. The van der Waals surface area contributed by atoms with Crippen molar-refractivity contribution in [3.05, 3.63) is 64.4 Å². The number of carbonyl (C=O) groups excluding carboxylic acids is 1. The highest BCUT2D eigenvalue weighted by Crippen LogP contribution is 2.23. The standard InChI is InChI=1S/C22H26ClFN2O2/c1-15(16-4-7-20(28-2)8-5-16)25-22(27)17-9-11-26(12-10-17)14-18-3-6-19(23)13-21(18)24/h3-8,13,15,17H,9-12,14H2,1-2H3,(H,25,27)/t15-/m0/s1. The molecule has 0 saturated carbocycles. The van der Waals surface area contributed by atoms with E-state index in [2.05, 4.69) is 10.2 Å². The van der Waals surface area contributed by atoms with E-state index in [9.17, 15) is 9.18 Å². The zero-order valence-electron chi connectivity index (χ0n) is 16.3. The van der Waals surface area contributed by atoms with Gasteiger partial charge in [-0.1, -0.05) is 29.8 Å². The van der Waals surface area contributed by atoms with E-state index in [1.165, 1.54) is 6.07 Å². The molecule has 0 aliphatic carbocycles. The molecule has 0 aromatic heterocycles. The van der Waals surface area contributed by atoms with Gasteiger partial charge in [-0.3, -0.25) is 9.69 Å². The maximum absolute atomic E-state index is 14.0. The summed E-state index contributed by atoms with van der Waals surface area (Å²) >= 11 is 5.81. The summed E-state index contributed by atoms with van der Waals surface area (Å²) in [5, 5.41) is 3.52. The van der Waals surface area contributed by atoms with Gasteiger partial charge in [0.15, 0.2) is 0 Å². The minimum Gasteiger partial charge on any atom is -0.497 e. The molecule has 1 atom stereocenters. The predicted molar refractivity (Wildman–Crippen MR) is 109 cm³/mol. The summed E-state index contributed by atoms with van der Waals surface area (Å²) in [6, 6.07) is 12.4. The van der Waals surface area contributed by atoms with Gasteiger partial charge in [0, 0.05) is 23.0 Å². The van der Waals surface area contributed by atoms with Crippen molar-refractivity contribution in [3.8, 4) is 5.75 Å². The first kappa shape index (κ1) is 20.6. The number of halogens is 2. The van der Waals surface area contributed by atoms with Crippen molar-refractivity contribution in [2.75, 3.05) is 20.2 Å². The molecule has 0 unspecified atom stereocenters. The third kappa shape index (κ3) is 5.24. The molecule has 2 aromatic rings. The van der Waals surface area contributed by atoms with Gasteiger partial charge in [0.05, 0.1) is 13.2 Å². The van der Waals surface area contributed by atoms with Crippen LogP contribution in [0.2, 0.25) is 5.02 Å². The minimum absolute atomic E-state index is 0.00740. The summed E-state index contributed by atoms with van der Waals surface area (Å²) in [7, 11) is 1.63. The molecule has 1 fully saturated rings. The van der Waals surface area contributed by atoms with E-state index >= 15 is 0 Å². The van der Waals surface area contributed by atoms with Crippen molar-refractivity contribution in [2.24, 2.45) is 5.92 Å². The quantitative estimate of drug-likeness (QED) is 0.766. The second kappa shape index (κ2) is 9.39. The fourth-order valence-corrected chi connectivity index (χ4v) is 3.71. The highest BCUT2D eigenvalue weighted by molar-refractivity contribution is 6.30. The first-order chi connectivity index (χ1) is 13.5. The van der Waals surface area contributed by atoms with E-state index in [1.807, 2.05) is 31.2 Å². The minimum atomic E-state index is -0.277. The average Bonchev–Trinajstić information content (AvgIpc) is 2.70. The van der Waals surface area contributed by atoms with Crippen molar-refractivity contribution in [1.82, 2.24) is 10.2 Å². The number of hydrogen-bond acceptors (Lipinski definition) is 3. The van der Waals surface area contributed by atoms with Crippen molar-refractivity contribution < 1.29 is 13.9 Å². The Morgan fingerprint density at radius 1 is 1.25 bits per heavy atom. The van der Waals surface area contributed by atoms with E-state index in [-0.39, 0.29) is 23.7 Å². The number of carbonyl (C=O) groups is 1. The largest absolute Gasteiger partial charge is 0.497 e. The van der Waals surface area contributed by atoms with Gasteiger partial charge in [-0.15, -0.1) is 0 Å². The second-order valence-electron chi connectivity index (χ2n) is 7.29. The lowest BCUT2D eigenvalue weighted by Gasteiger charge is -2.32. The van der Waals surface area contributed by atoms with Crippen LogP contribution in [0.4, 0.5) is 4.39 Å². The van der Waals surface area contributed by atoms with Gasteiger partial charge in [-0.2, -0.15) is 0 Å². The molecule has 28 heavy (non-hydrogen) atoms. The van der Waals surface area contributed by atoms with Crippen molar-refractivity contribution in [2.45, 2.75) is 32.4 Å². The molecule has 150 valence electrons. The Labute approximate surface area is 170 Å². The Morgan fingerprint density at radius 2 is 1.93 bits per heavy atom. The Bertz CT molecular complexity index is 805. The van der Waals surface area contributed by atoms with Crippen LogP contribution in [0.3, 0.4) is 0 Å². The van der Waals surface area contributed by atoms with Crippen LogP contribution >= 0.6 is 11.6 Å². The van der Waals surface area contributed by atoms with Crippen LogP contribution in [0.5, 0.6) is 5.75 Å². The van der Waals surface area contributed by atoms with Crippen LogP contribution in [-0.4, -0.2) is 31.0 Å². The summed E-state index contributed by atoms with van der Waals surface area (Å²) in [6.45, 7) is 4.08. The lowest BCUT2D eigenvalue weighted by molar-refractivity contribution is -0.127. The summed E-state index contributed by atoms with van der Waals surface area (Å²) in [5.41, 5.74) is 1.69. The molecule has 1 amide bonds. The molecular weight excluding hydrogens is 379 g/mol. The number of rotatable bonds is 6. The van der Waals surface area contributed by atoms with Gasteiger partial charge in [-0.25, -0.2) is 4.39 Å². The molecule has 2 aromatic carbocycles. The van der Waals surface area contributed by atoms with Crippen LogP contribution < -0.4 is 10.1 Å². The van der Waals surface area contributed by atoms with E-state index < -0.39 is 0 Å². The summed E-state index contributed by atoms with van der Waals surface area (Å²) in [4.78, 5) is 14.8. The van der Waals surface area contributed by atoms with Gasteiger partial charge in [-0.05, 0) is 62.7 Å². The summed E-state index contributed by atoms with van der Waals surface area (Å²) in [6.07, 6.45) is 1.55. The lowest BCUT2D eigenvalue weighted by Crippen LogP contribution is -2.41. The molecule has 1 N–H and O–H groups in total. The molecule has 1 saturated heterocycles. The Kier molecular flexibility index (Phi) is 6.92. The first-order valence-corrected chi connectivity index (χ1v) is 9.94. The van der Waals surface area contributed by atoms with Gasteiger partial charge in [0.25, 0.3) is 0 Å². The molecule has 4 nitrogen and oxygen atoms in total. The second-order valence-corrected chi connectivity index (χ2v) is 7.73. The molecule has 0 spiro atoms. The number of methoxy groups -OCH3 is 1. The van der Waals surface area contributed by atoms with Crippen LogP contribution in [-0.2, 0) is 11.3 Å². The molecule has 3 rings (SSSR count). The van der Waals surface area contributed by atoms with Crippen LogP contribution in [0.15, 0.2) is 42.5 Å². The van der Waals surface area contributed by atoms with Crippen molar-refractivity contribution in [1.29, 1.82) is 0 Å². The molecule has 1 aliphatic rings. The maximum Gasteiger partial charge on any atom is 0.223 e. The van der Waals surface area contributed by atoms with Crippen molar-refractivity contribution in [3.63, 3.8) is 0 Å². The number of ether oxygens (including phenoxy) is 1. The first-order valence-electron chi connectivity index (χ1n) is 9.57. The van der Waals surface area contributed by atoms with Gasteiger partial charge in [0.2, 0.25) is 5.91 Å². The summed E-state index contributed by atoms with van der Waals surface area (Å²) < 4.78 is 19.1. The smallest absolute Gasteiger partial charge is 0.223 e. The van der Waals surface area contributed by atoms with E-state index in [0.717, 1.165) is 37.2 Å².